The van der Waals surface area contributed by atoms with Crippen molar-refractivity contribution in [2.24, 2.45) is 0 Å². The lowest BCUT2D eigenvalue weighted by molar-refractivity contribution is -0.0298. The van der Waals surface area contributed by atoms with E-state index in [-0.39, 0.29) is 0 Å². The highest BCUT2D eigenvalue weighted by Crippen LogP contribution is 2.36. The lowest BCUT2D eigenvalue weighted by Crippen LogP contribution is -2.45. The van der Waals surface area contributed by atoms with Crippen LogP contribution in [0.25, 0.3) is 11.3 Å². The van der Waals surface area contributed by atoms with Gasteiger partial charge in [-0.1, -0.05) is 28.1 Å². The van der Waals surface area contributed by atoms with Gasteiger partial charge in [0.1, 0.15) is 5.01 Å². The van der Waals surface area contributed by atoms with Gasteiger partial charge in [0.2, 0.25) is 0 Å². The molecule has 18 heavy (non-hydrogen) atoms. The van der Waals surface area contributed by atoms with E-state index in [1.54, 1.807) is 0 Å². The van der Waals surface area contributed by atoms with Crippen LogP contribution >= 0.6 is 27.3 Å². The van der Waals surface area contributed by atoms with Gasteiger partial charge in [0.25, 0.3) is 0 Å². The standard InChI is InChI=1S/C13H9BrN2OS/c14-10-3-1-2-9(4-10)11-5-18-12(16-11)13(6-15)7-17-8-13/h1-5H,7-8H2. The summed E-state index contributed by atoms with van der Waals surface area (Å²) in [4.78, 5) is 4.58. The molecule has 0 radical (unpaired) electrons. The molecule has 3 nitrogen and oxygen atoms in total. The predicted molar refractivity (Wildman–Crippen MR) is 73.4 cm³/mol. The van der Waals surface area contributed by atoms with Crippen LogP contribution in [0.5, 0.6) is 0 Å². The molecule has 0 bridgehead atoms. The summed E-state index contributed by atoms with van der Waals surface area (Å²) in [7, 11) is 0. The first-order chi connectivity index (χ1) is 8.73. The molecule has 1 aliphatic heterocycles. The molecule has 0 aliphatic carbocycles. The van der Waals surface area contributed by atoms with Gasteiger partial charge in [-0.15, -0.1) is 11.3 Å². The molecular weight excluding hydrogens is 312 g/mol. The van der Waals surface area contributed by atoms with Crippen LogP contribution in [0.4, 0.5) is 0 Å². The van der Waals surface area contributed by atoms with E-state index in [4.69, 9.17) is 4.74 Å². The van der Waals surface area contributed by atoms with E-state index < -0.39 is 5.41 Å². The molecule has 0 spiro atoms. The maximum Gasteiger partial charge on any atom is 0.155 e. The lowest BCUT2D eigenvalue weighted by atomic mass is 9.89. The van der Waals surface area contributed by atoms with E-state index in [1.807, 2.05) is 29.6 Å². The second-order valence-corrected chi connectivity index (χ2v) is 6.01. The number of hydrogen-bond donors (Lipinski definition) is 0. The molecule has 90 valence electrons. The van der Waals surface area contributed by atoms with Crippen LogP contribution in [0.2, 0.25) is 0 Å². The van der Waals surface area contributed by atoms with Gasteiger partial charge in [-0.3, -0.25) is 0 Å². The van der Waals surface area contributed by atoms with Crippen molar-refractivity contribution >= 4 is 27.3 Å². The third-order valence-electron chi connectivity index (χ3n) is 2.94. The summed E-state index contributed by atoms with van der Waals surface area (Å²) in [6, 6.07) is 10.3. The van der Waals surface area contributed by atoms with E-state index >= 15 is 0 Å². The van der Waals surface area contributed by atoms with E-state index in [0.717, 1.165) is 20.7 Å². The second-order valence-electron chi connectivity index (χ2n) is 4.23. The van der Waals surface area contributed by atoms with Gasteiger partial charge >= 0.3 is 0 Å². The van der Waals surface area contributed by atoms with Gasteiger partial charge in [0.15, 0.2) is 5.41 Å². The quantitative estimate of drug-likeness (QED) is 0.852. The highest BCUT2D eigenvalue weighted by molar-refractivity contribution is 9.10. The Morgan fingerprint density at radius 3 is 2.89 bits per heavy atom. The van der Waals surface area contributed by atoms with E-state index in [2.05, 4.69) is 27.0 Å². The zero-order valence-corrected chi connectivity index (χ0v) is 11.8. The molecule has 1 aliphatic rings. The van der Waals surface area contributed by atoms with E-state index in [9.17, 15) is 5.26 Å². The van der Waals surface area contributed by atoms with Crippen molar-refractivity contribution in [1.82, 2.24) is 4.98 Å². The molecule has 3 rings (SSSR count). The molecule has 2 heterocycles. The van der Waals surface area contributed by atoms with Crippen molar-refractivity contribution in [3.05, 3.63) is 39.1 Å². The van der Waals surface area contributed by atoms with Crippen molar-refractivity contribution in [3.8, 4) is 17.3 Å². The van der Waals surface area contributed by atoms with Crippen LogP contribution in [0.15, 0.2) is 34.1 Å². The average Bonchev–Trinajstić information content (AvgIpc) is 2.78. The molecule has 0 unspecified atom stereocenters. The van der Waals surface area contributed by atoms with Crippen LogP contribution in [-0.4, -0.2) is 18.2 Å². The van der Waals surface area contributed by atoms with Crippen molar-refractivity contribution in [2.75, 3.05) is 13.2 Å². The van der Waals surface area contributed by atoms with Crippen LogP contribution < -0.4 is 0 Å². The first-order valence-corrected chi connectivity index (χ1v) is 7.12. The average molecular weight is 321 g/mol. The summed E-state index contributed by atoms with van der Waals surface area (Å²) in [6.07, 6.45) is 0. The number of nitrogens with zero attached hydrogens (tertiary/aromatic N) is 2. The maximum atomic E-state index is 9.24. The zero-order valence-electron chi connectivity index (χ0n) is 9.39. The Labute approximate surface area is 117 Å². The minimum atomic E-state index is -0.519. The Morgan fingerprint density at radius 2 is 2.28 bits per heavy atom. The molecule has 2 aromatic rings. The Bertz CT molecular complexity index is 628. The Balaban J connectivity index is 1.97. The number of thiazole rings is 1. The second kappa shape index (κ2) is 4.47. The van der Waals surface area contributed by atoms with E-state index in [1.165, 1.54) is 11.3 Å². The molecule has 1 fully saturated rings. The van der Waals surface area contributed by atoms with Crippen molar-refractivity contribution in [3.63, 3.8) is 0 Å². The lowest BCUT2D eigenvalue weighted by Gasteiger charge is -2.32. The van der Waals surface area contributed by atoms with Gasteiger partial charge < -0.3 is 4.74 Å². The maximum absolute atomic E-state index is 9.24. The number of nitriles is 1. The number of aromatic nitrogens is 1. The molecule has 5 heteroatoms. The summed E-state index contributed by atoms with van der Waals surface area (Å²) in [5, 5.41) is 12.1. The molecule has 0 saturated carbocycles. The Kier molecular flexibility index (Phi) is 2.94. The summed E-state index contributed by atoms with van der Waals surface area (Å²) in [5.41, 5.74) is 1.45. The van der Waals surface area contributed by atoms with Crippen LogP contribution in [0.1, 0.15) is 5.01 Å². The number of rotatable bonds is 2. The zero-order chi connectivity index (χ0) is 12.6. The van der Waals surface area contributed by atoms with Crippen LogP contribution in [-0.2, 0) is 10.2 Å². The SMILES string of the molecule is N#CC1(c2nc(-c3cccc(Br)c3)cs2)COC1. The molecular formula is C13H9BrN2OS. The number of ether oxygens (including phenoxy) is 1. The minimum Gasteiger partial charge on any atom is -0.377 e. The fourth-order valence-electron chi connectivity index (χ4n) is 1.82. The fraction of sp³-hybridized carbons (Fsp3) is 0.231. The number of benzene rings is 1. The third kappa shape index (κ3) is 1.87. The normalized spacial score (nSPS) is 16.9. The van der Waals surface area contributed by atoms with Gasteiger partial charge in [0, 0.05) is 15.4 Å². The summed E-state index contributed by atoms with van der Waals surface area (Å²) >= 11 is 4.98. The monoisotopic (exact) mass is 320 g/mol. The predicted octanol–water partition coefficient (Wildman–Crippen LogP) is 3.36. The number of halogens is 1. The topological polar surface area (TPSA) is 45.9 Å². The van der Waals surface area contributed by atoms with Gasteiger partial charge in [-0.05, 0) is 12.1 Å². The minimum absolute atomic E-state index is 0.453. The molecule has 0 atom stereocenters. The van der Waals surface area contributed by atoms with Gasteiger partial charge in [0.05, 0.1) is 25.0 Å². The number of hydrogen-bond acceptors (Lipinski definition) is 4. The van der Waals surface area contributed by atoms with Crippen molar-refractivity contribution in [2.45, 2.75) is 5.41 Å². The molecule has 1 aromatic carbocycles. The molecule has 1 saturated heterocycles. The van der Waals surface area contributed by atoms with Crippen molar-refractivity contribution < 1.29 is 4.74 Å². The van der Waals surface area contributed by atoms with E-state index in [0.29, 0.717) is 13.2 Å². The molecule has 1 aromatic heterocycles. The summed E-state index contributed by atoms with van der Waals surface area (Å²) < 4.78 is 6.18. The van der Waals surface area contributed by atoms with Gasteiger partial charge in [-0.25, -0.2) is 4.98 Å². The highest BCUT2D eigenvalue weighted by Gasteiger charge is 2.43. The van der Waals surface area contributed by atoms with Crippen LogP contribution in [0.3, 0.4) is 0 Å². The Morgan fingerprint density at radius 1 is 1.44 bits per heavy atom. The smallest absolute Gasteiger partial charge is 0.155 e. The van der Waals surface area contributed by atoms with Crippen LogP contribution in [0, 0.1) is 11.3 Å². The first kappa shape index (κ1) is 11.8. The Hall–Kier alpha value is -1.22. The molecule has 0 amide bonds. The summed E-state index contributed by atoms with van der Waals surface area (Å²) in [6.45, 7) is 0.907. The van der Waals surface area contributed by atoms with Crippen molar-refractivity contribution in [1.29, 1.82) is 5.26 Å². The first-order valence-electron chi connectivity index (χ1n) is 5.44. The van der Waals surface area contributed by atoms with Gasteiger partial charge in [-0.2, -0.15) is 5.26 Å². The molecule has 0 N–H and O–H groups in total. The fourth-order valence-corrected chi connectivity index (χ4v) is 3.17. The highest BCUT2D eigenvalue weighted by atomic mass is 79.9. The largest absolute Gasteiger partial charge is 0.377 e. The third-order valence-corrected chi connectivity index (χ3v) is 4.48. The summed E-state index contributed by atoms with van der Waals surface area (Å²) in [5.74, 6) is 0.